The minimum absolute atomic E-state index is 0.0654. The molecule has 2 N–H and O–H groups in total. The van der Waals surface area contributed by atoms with Gasteiger partial charge in [0.05, 0.1) is 11.7 Å². The van der Waals surface area contributed by atoms with Crippen molar-refractivity contribution in [3.8, 4) is 0 Å². The third-order valence-corrected chi connectivity index (χ3v) is 2.62. The maximum absolute atomic E-state index is 11.6. The van der Waals surface area contributed by atoms with Gasteiger partial charge >= 0.3 is 0 Å². The van der Waals surface area contributed by atoms with Crippen molar-refractivity contribution in [3.63, 3.8) is 0 Å². The number of carbonyl (C=O) groups is 1. The molecular formula is C9H14N2O2S. The summed E-state index contributed by atoms with van der Waals surface area (Å²) < 4.78 is 0. The van der Waals surface area contributed by atoms with Gasteiger partial charge in [-0.15, -0.1) is 11.3 Å². The maximum Gasteiger partial charge on any atom is 0.263 e. The van der Waals surface area contributed by atoms with Crippen LogP contribution >= 0.6 is 11.3 Å². The normalized spacial score (nSPS) is 11.4. The zero-order chi connectivity index (χ0) is 10.6. The van der Waals surface area contributed by atoms with Crippen LogP contribution < -0.4 is 5.32 Å². The Morgan fingerprint density at radius 1 is 1.71 bits per heavy atom. The van der Waals surface area contributed by atoms with Gasteiger partial charge in [-0.05, 0) is 20.3 Å². The fraction of sp³-hybridized carbons (Fsp3) is 0.556. The van der Waals surface area contributed by atoms with E-state index in [1.54, 1.807) is 5.51 Å². The monoisotopic (exact) mass is 214 g/mol. The summed E-state index contributed by atoms with van der Waals surface area (Å²) in [6.45, 7) is 3.82. The van der Waals surface area contributed by atoms with Gasteiger partial charge in [0.2, 0.25) is 0 Å². The lowest BCUT2D eigenvalue weighted by Crippen LogP contribution is -2.43. The standard InChI is InChI=1S/C9H14N2O2S/c1-9(2,3-4-12)11-8(13)7-5-10-6-14-7/h5-6,12H,3-4H2,1-2H3,(H,11,13). The molecule has 0 radical (unpaired) electrons. The minimum Gasteiger partial charge on any atom is -0.396 e. The fourth-order valence-corrected chi connectivity index (χ4v) is 1.55. The van der Waals surface area contributed by atoms with Gasteiger partial charge in [0.15, 0.2) is 0 Å². The molecule has 0 saturated carbocycles. The summed E-state index contributed by atoms with van der Waals surface area (Å²) in [6, 6.07) is 0. The summed E-state index contributed by atoms with van der Waals surface area (Å²) >= 11 is 1.30. The van der Waals surface area contributed by atoms with E-state index in [9.17, 15) is 4.79 Å². The van der Waals surface area contributed by atoms with E-state index in [1.807, 2.05) is 13.8 Å². The molecule has 0 spiro atoms. The number of thiazole rings is 1. The van der Waals surface area contributed by atoms with Crippen molar-refractivity contribution < 1.29 is 9.90 Å². The summed E-state index contributed by atoms with van der Waals surface area (Å²) in [6.07, 6.45) is 2.08. The Bertz CT molecular complexity index is 296. The second-order valence-electron chi connectivity index (χ2n) is 3.68. The molecule has 0 saturated heterocycles. The van der Waals surface area contributed by atoms with E-state index in [0.717, 1.165) is 0 Å². The van der Waals surface area contributed by atoms with Gasteiger partial charge < -0.3 is 10.4 Å². The first kappa shape index (κ1) is 11.1. The molecule has 78 valence electrons. The Kier molecular flexibility index (Phi) is 3.60. The zero-order valence-electron chi connectivity index (χ0n) is 8.28. The summed E-state index contributed by atoms with van der Waals surface area (Å²) in [5.41, 5.74) is 1.24. The second kappa shape index (κ2) is 4.52. The number of nitrogens with one attached hydrogen (secondary N) is 1. The lowest BCUT2D eigenvalue weighted by molar-refractivity contribution is 0.0903. The van der Waals surface area contributed by atoms with Crippen LogP contribution in [-0.4, -0.2) is 28.1 Å². The van der Waals surface area contributed by atoms with E-state index < -0.39 is 0 Å². The van der Waals surface area contributed by atoms with Gasteiger partial charge in [-0.1, -0.05) is 0 Å². The first-order valence-electron chi connectivity index (χ1n) is 4.37. The third-order valence-electron chi connectivity index (χ3n) is 1.84. The highest BCUT2D eigenvalue weighted by atomic mass is 32.1. The van der Waals surface area contributed by atoms with Crippen molar-refractivity contribution >= 4 is 17.2 Å². The average molecular weight is 214 g/mol. The van der Waals surface area contributed by atoms with Gasteiger partial charge in [-0.2, -0.15) is 0 Å². The molecule has 0 aliphatic heterocycles. The lowest BCUT2D eigenvalue weighted by atomic mass is 10.0. The molecule has 1 rings (SSSR count). The van der Waals surface area contributed by atoms with E-state index in [4.69, 9.17) is 5.11 Å². The van der Waals surface area contributed by atoms with Gasteiger partial charge in [0.25, 0.3) is 5.91 Å². The van der Waals surface area contributed by atoms with Crippen LogP contribution in [0.15, 0.2) is 11.7 Å². The third kappa shape index (κ3) is 3.08. The number of hydrogen-bond acceptors (Lipinski definition) is 4. The van der Waals surface area contributed by atoms with E-state index in [1.165, 1.54) is 17.5 Å². The number of aliphatic hydroxyl groups is 1. The molecule has 1 aromatic rings. The van der Waals surface area contributed by atoms with E-state index in [-0.39, 0.29) is 18.1 Å². The van der Waals surface area contributed by atoms with Crippen molar-refractivity contribution in [1.82, 2.24) is 10.3 Å². The van der Waals surface area contributed by atoms with E-state index in [0.29, 0.717) is 11.3 Å². The molecule has 4 nitrogen and oxygen atoms in total. The van der Waals surface area contributed by atoms with Gasteiger partial charge in [-0.3, -0.25) is 9.78 Å². The molecule has 0 fully saturated rings. The van der Waals surface area contributed by atoms with E-state index >= 15 is 0 Å². The second-order valence-corrected chi connectivity index (χ2v) is 4.56. The molecule has 0 aliphatic carbocycles. The van der Waals surface area contributed by atoms with Crippen molar-refractivity contribution in [2.45, 2.75) is 25.8 Å². The van der Waals surface area contributed by atoms with Gasteiger partial charge in [-0.25, -0.2) is 0 Å². The number of amides is 1. The highest BCUT2D eigenvalue weighted by molar-refractivity contribution is 7.11. The van der Waals surface area contributed by atoms with Crippen LogP contribution in [0.3, 0.4) is 0 Å². The first-order chi connectivity index (χ1) is 6.55. The Labute approximate surface area is 87.0 Å². The van der Waals surface area contributed by atoms with Crippen molar-refractivity contribution in [1.29, 1.82) is 0 Å². The van der Waals surface area contributed by atoms with Crippen LogP contribution in [0, 0.1) is 0 Å². The molecule has 14 heavy (non-hydrogen) atoms. The van der Waals surface area contributed by atoms with Crippen LogP contribution in [0.4, 0.5) is 0 Å². The van der Waals surface area contributed by atoms with Crippen LogP contribution in [0.5, 0.6) is 0 Å². The number of aromatic nitrogens is 1. The predicted octanol–water partition coefficient (Wildman–Crippen LogP) is 1.03. The molecule has 0 aliphatic rings. The Hall–Kier alpha value is -0.940. The summed E-state index contributed by atoms with van der Waals surface area (Å²) in [5, 5.41) is 11.6. The number of hydrogen-bond donors (Lipinski definition) is 2. The highest BCUT2D eigenvalue weighted by Gasteiger charge is 2.20. The van der Waals surface area contributed by atoms with Crippen LogP contribution in [0.1, 0.15) is 29.9 Å². The SMILES string of the molecule is CC(C)(CCO)NC(=O)c1cncs1. The summed E-state index contributed by atoms with van der Waals surface area (Å²) in [7, 11) is 0. The van der Waals surface area contributed by atoms with Crippen molar-refractivity contribution in [2.24, 2.45) is 0 Å². The smallest absolute Gasteiger partial charge is 0.263 e. The number of nitrogens with zero attached hydrogens (tertiary/aromatic N) is 1. The number of aliphatic hydroxyl groups excluding tert-OH is 1. The Balaban J connectivity index is 2.57. The molecular weight excluding hydrogens is 200 g/mol. The number of carbonyl (C=O) groups excluding carboxylic acids is 1. The Morgan fingerprint density at radius 3 is 2.93 bits per heavy atom. The summed E-state index contributed by atoms with van der Waals surface area (Å²) in [5.74, 6) is -0.133. The molecule has 0 atom stereocenters. The fourth-order valence-electron chi connectivity index (χ4n) is 1.04. The van der Waals surface area contributed by atoms with Crippen LogP contribution in [0.25, 0.3) is 0 Å². The van der Waals surface area contributed by atoms with Crippen molar-refractivity contribution in [3.05, 3.63) is 16.6 Å². The van der Waals surface area contributed by atoms with E-state index in [2.05, 4.69) is 10.3 Å². The molecule has 0 unspecified atom stereocenters. The Morgan fingerprint density at radius 2 is 2.43 bits per heavy atom. The molecule has 0 bridgehead atoms. The summed E-state index contributed by atoms with van der Waals surface area (Å²) in [4.78, 5) is 16.0. The van der Waals surface area contributed by atoms with Crippen LogP contribution in [-0.2, 0) is 0 Å². The molecule has 0 aromatic carbocycles. The van der Waals surface area contributed by atoms with Crippen LogP contribution in [0.2, 0.25) is 0 Å². The highest BCUT2D eigenvalue weighted by Crippen LogP contribution is 2.11. The van der Waals surface area contributed by atoms with Gasteiger partial charge in [0, 0.05) is 12.1 Å². The topological polar surface area (TPSA) is 62.2 Å². The van der Waals surface area contributed by atoms with Crippen molar-refractivity contribution in [2.75, 3.05) is 6.61 Å². The molecule has 1 heterocycles. The minimum atomic E-state index is -0.379. The first-order valence-corrected chi connectivity index (χ1v) is 5.25. The zero-order valence-corrected chi connectivity index (χ0v) is 9.10. The number of rotatable bonds is 4. The average Bonchev–Trinajstić information content (AvgIpc) is 2.53. The molecule has 5 heteroatoms. The quantitative estimate of drug-likeness (QED) is 0.787. The molecule has 1 aromatic heterocycles. The maximum atomic E-state index is 11.6. The molecule has 1 amide bonds. The largest absolute Gasteiger partial charge is 0.396 e. The predicted molar refractivity (Wildman–Crippen MR) is 55.4 cm³/mol. The lowest BCUT2D eigenvalue weighted by Gasteiger charge is -2.24. The van der Waals surface area contributed by atoms with Gasteiger partial charge in [0.1, 0.15) is 4.88 Å².